The molecule has 0 aromatic heterocycles. The van der Waals surface area contributed by atoms with Crippen LogP contribution in [0.3, 0.4) is 0 Å². The van der Waals surface area contributed by atoms with Crippen LogP contribution >= 0.6 is 0 Å². The van der Waals surface area contributed by atoms with Crippen LogP contribution in [0.1, 0.15) is 36.1 Å². The molecule has 1 aliphatic rings. The van der Waals surface area contributed by atoms with Gasteiger partial charge < -0.3 is 14.7 Å². The van der Waals surface area contributed by atoms with Crippen molar-refractivity contribution in [1.82, 2.24) is 0 Å². The smallest absolute Gasteiger partial charge is 0.0465 e. The molecule has 3 nitrogen and oxygen atoms in total. The van der Waals surface area contributed by atoms with Crippen molar-refractivity contribution in [1.29, 1.82) is 0 Å². The van der Waals surface area contributed by atoms with E-state index in [2.05, 4.69) is 271 Å². The highest BCUT2D eigenvalue weighted by molar-refractivity contribution is 5.89. The molecule has 298 valence electrons. The molecule has 0 heterocycles. The molecule has 0 spiro atoms. The van der Waals surface area contributed by atoms with Gasteiger partial charge in [-0.1, -0.05) is 153 Å². The third-order valence-corrected chi connectivity index (χ3v) is 12.0. The number of hydrogen-bond donors (Lipinski definition) is 0. The van der Waals surface area contributed by atoms with Crippen molar-refractivity contribution in [3.63, 3.8) is 0 Å². The van der Waals surface area contributed by atoms with E-state index in [0.29, 0.717) is 0 Å². The summed E-state index contributed by atoms with van der Waals surface area (Å²) in [4.78, 5) is 7.05. The van der Waals surface area contributed by atoms with Crippen molar-refractivity contribution in [2.24, 2.45) is 0 Å². The Hall–Kier alpha value is -7.88. The zero-order valence-electron chi connectivity index (χ0n) is 35.0. The molecular weight excluding hydrogens is 751 g/mol. The van der Waals surface area contributed by atoms with E-state index in [-0.39, 0.29) is 5.41 Å². The first kappa shape index (κ1) is 38.3. The van der Waals surface area contributed by atoms with Gasteiger partial charge in [-0.3, -0.25) is 0 Å². The summed E-state index contributed by atoms with van der Waals surface area (Å²) in [6, 6.07) is 84.8. The highest BCUT2D eigenvalue weighted by Gasteiger charge is 2.37. The minimum atomic E-state index is -0.247. The van der Waals surface area contributed by atoms with Crippen LogP contribution in [0, 0.1) is 0 Å². The van der Waals surface area contributed by atoms with Crippen molar-refractivity contribution >= 4 is 63.3 Å². The lowest BCUT2D eigenvalue weighted by Crippen LogP contribution is -2.17. The minimum absolute atomic E-state index is 0.247. The number of para-hydroxylation sites is 4. The second-order valence-electron chi connectivity index (χ2n) is 16.3. The van der Waals surface area contributed by atoms with E-state index in [1.807, 2.05) is 6.07 Å². The van der Waals surface area contributed by atoms with Crippen LogP contribution in [0.5, 0.6) is 0 Å². The van der Waals surface area contributed by atoms with Crippen LogP contribution in [0.4, 0.5) is 51.2 Å². The van der Waals surface area contributed by atoms with Crippen LogP contribution in [0.2, 0.25) is 0 Å². The molecule has 0 saturated heterocycles. The third kappa shape index (κ3) is 7.46. The number of hydrogen-bond acceptors (Lipinski definition) is 3. The van der Waals surface area contributed by atoms with Crippen molar-refractivity contribution in [3.05, 3.63) is 259 Å². The van der Waals surface area contributed by atoms with Crippen molar-refractivity contribution in [2.45, 2.75) is 19.3 Å². The maximum atomic E-state index is 2.41. The SMILES string of the molecule is CC1(C)c2cc(N(c3ccccc3)c3ccc(C=Cc4ccccc4)cc3)ccc2-c2ccc(N(c3ccccc3)c3ccc(N(c4ccccc4)c4ccccc4)cc3)cc21. The van der Waals surface area contributed by atoms with Crippen LogP contribution in [0.15, 0.2) is 237 Å². The quantitative estimate of drug-likeness (QED) is 0.121. The van der Waals surface area contributed by atoms with Gasteiger partial charge in [-0.25, -0.2) is 0 Å². The summed E-state index contributed by atoms with van der Waals surface area (Å²) in [5.74, 6) is 0. The zero-order chi connectivity index (χ0) is 41.9. The molecule has 10 rings (SSSR count). The average molecular weight is 798 g/mol. The minimum Gasteiger partial charge on any atom is -0.311 e. The molecule has 0 aliphatic heterocycles. The van der Waals surface area contributed by atoms with Crippen LogP contribution in [-0.4, -0.2) is 0 Å². The van der Waals surface area contributed by atoms with Crippen LogP contribution in [-0.2, 0) is 5.41 Å². The van der Waals surface area contributed by atoms with Crippen LogP contribution in [0.25, 0.3) is 23.3 Å². The second-order valence-corrected chi connectivity index (χ2v) is 16.3. The lowest BCUT2D eigenvalue weighted by atomic mass is 9.82. The summed E-state index contributed by atoms with van der Waals surface area (Å²) in [6.45, 7) is 4.74. The highest BCUT2D eigenvalue weighted by Crippen LogP contribution is 2.52. The molecule has 1 aliphatic carbocycles. The molecule has 0 amide bonds. The predicted molar refractivity (Wildman–Crippen MR) is 263 cm³/mol. The fourth-order valence-corrected chi connectivity index (χ4v) is 8.88. The Balaban J connectivity index is 0.997. The van der Waals surface area contributed by atoms with Crippen molar-refractivity contribution in [2.75, 3.05) is 14.7 Å². The predicted octanol–water partition coefficient (Wildman–Crippen LogP) is 16.6. The van der Waals surface area contributed by atoms with Gasteiger partial charge in [0.1, 0.15) is 0 Å². The molecule has 62 heavy (non-hydrogen) atoms. The van der Waals surface area contributed by atoms with Gasteiger partial charge in [0.25, 0.3) is 0 Å². The summed E-state index contributed by atoms with van der Waals surface area (Å²) in [5.41, 5.74) is 17.3. The normalized spacial score (nSPS) is 12.4. The Morgan fingerprint density at radius 2 is 0.532 bits per heavy atom. The Kier molecular flexibility index (Phi) is 10.3. The Labute approximate surface area is 365 Å². The first-order chi connectivity index (χ1) is 30.5. The Morgan fingerprint density at radius 1 is 0.274 bits per heavy atom. The summed E-state index contributed by atoms with van der Waals surface area (Å²) in [7, 11) is 0. The first-order valence-corrected chi connectivity index (χ1v) is 21.3. The van der Waals surface area contributed by atoms with Gasteiger partial charge in [-0.2, -0.15) is 0 Å². The highest BCUT2D eigenvalue weighted by atomic mass is 15.2. The maximum absolute atomic E-state index is 2.41. The van der Waals surface area contributed by atoms with E-state index in [4.69, 9.17) is 0 Å². The van der Waals surface area contributed by atoms with Crippen molar-refractivity contribution in [3.8, 4) is 11.1 Å². The van der Waals surface area contributed by atoms with Crippen molar-refractivity contribution < 1.29 is 0 Å². The molecule has 0 atom stereocenters. The van der Waals surface area contributed by atoms with Gasteiger partial charge in [-0.05, 0) is 143 Å². The molecule has 9 aromatic rings. The number of rotatable bonds is 11. The fraction of sp³-hybridized carbons (Fsp3) is 0.0508. The van der Waals surface area contributed by atoms with E-state index in [0.717, 1.165) is 56.7 Å². The average Bonchev–Trinajstić information content (AvgIpc) is 3.56. The standard InChI is InChI=1S/C59H47N3/c1-59(2)57-42-53(61(48-24-14-6-15-25-48)50-32-30-45(31-33-50)29-28-44-18-8-3-9-19-44)38-40-55(57)56-41-39-54(43-58(56)59)62(49-26-16-7-17-27-49)52-36-34-51(35-37-52)60(46-20-10-4-11-21-46)47-22-12-5-13-23-47/h3-43H,1-2H3. The summed E-state index contributed by atoms with van der Waals surface area (Å²) in [6.07, 6.45) is 4.34. The number of anilines is 9. The summed E-state index contributed by atoms with van der Waals surface area (Å²) in [5, 5.41) is 0. The van der Waals surface area contributed by atoms with Gasteiger partial charge in [0, 0.05) is 56.6 Å². The molecule has 0 radical (unpaired) electrons. The van der Waals surface area contributed by atoms with E-state index in [1.54, 1.807) is 0 Å². The van der Waals surface area contributed by atoms with Gasteiger partial charge in [0.05, 0.1) is 0 Å². The van der Waals surface area contributed by atoms with Gasteiger partial charge in [-0.15, -0.1) is 0 Å². The molecule has 0 saturated carbocycles. The van der Waals surface area contributed by atoms with E-state index >= 15 is 0 Å². The molecule has 0 N–H and O–H groups in total. The lowest BCUT2D eigenvalue weighted by molar-refractivity contribution is 0.660. The summed E-state index contributed by atoms with van der Waals surface area (Å²) >= 11 is 0. The topological polar surface area (TPSA) is 9.72 Å². The van der Waals surface area contributed by atoms with Crippen LogP contribution < -0.4 is 14.7 Å². The molecule has 3 heteroatoms. The monoisotopic (exact) mass is 797 g/mol. The Bertz CT molecular complexity index is 2900. The zero-order valence-corrected chi connectivity index (χ0v) is 35.0. The summed E-state index contributed by atoms with van der Waals surface area (Å²) < 4.78 is 0. The number of fused-ring (bicyclic) bond motifs is 3. The lowest BCUT2D eigenvalue weighted by Gasteiger charge is -2.30. The van der Waals surface area contributed by atoms with E-state index in [1.165, 1.54) is 27.8 Å². The largest absolute Gasteiger partial charge is 0.311 e. The van der Waals surface area contributed by atoms with Gasteiger partial charge >= 0.3 is 0 Å². The molecule has 9 aromatic carbocycles. The fourth-order valence-electron chi connectivity index (χ4n) is 8.88. The first-order valence-electron chi connectivity index (χ1n) is 21.3. The second kappa shape index (κ2) is 16.6. The number of benzene rings is 9. The van der Waals surface area contributed by atoms with Gasteiger partial charge in [0.2, 0.25) is 0 Å². The third-order valence-electron chi connectivity index (χ3n) is 12.0. The molecule has 0 bridgehead atoms. The van der Waals surface area contributed by atoms with Gasteiger partial charge in [0.15, 0.2) is 0 Å². The molecule has 0 unspecified atom stereocenters. The van der Waals surface area contributed by atoms with E-state index < -0.39 is 0 Å². The number of nitrogens with zero attached hydrogens (tertiary/aromatic N) is 3. The van der Waals surface area contributed by atoms with E-state index in [9.17, 15) is 0 Å². The Morgan fingerprint density at radius 3 is 0.887 bits per heavy atom. The molecule has 0 fully saturated rings. The molecular formula is C59H47N3. The maximum Gasteiger partial charge on any atom is 0.0465 e.